The fourth-order valence-electron chi connectivity index (χ4n) is 19.1. The first kappa shape index (κ1) is 101. The Morgan fingerprint density at radius 3 is 1.32 bits per heavy atom. The quantitative estimate of drug-likeness (QED) is 0.0438. The topological polar surface area (TPSA) is 394 Å². The number of primary sulfonamides is 1. The molecule has 0 radical (unpaired) electrons. The maximum absolute atomic E-state index is 14.1. The van der Waals surface area contributed by atoms with Crippen LogP contribution in [0.5, 0.6) is 5.75 Å². The molecule has 756 valence electrons. The van der Waals surface area contributed by atoms with E-state index in [2.05, 4.69) is 99.3 Å². The molecule has 7 N–H and O–H groups in total. The second kappa shape index (κ2) is 42.8. The standard InChI is InChI=1S/C36H46N8O3.C27H30F3N7O.2C20H20N6O3S/c1-4-47-32-23-25(34(45)43-17-15-26(16-18-43)42-21-19-40(2)20-22-42)13-14-29(32)38-36-37-24-31-33(39-36)44(27-9-5-6-10-27)30-12-8-7-11-28(30)35(46)41(31)3;1-4-36-11-13-37(14-12-36)17-18-9-10-19(15-21(18)27(28,29)30)32-26-31-16-23-24(33-26)34(2)22-8-6-5-7-20(22)25(38)35(23)3;1-25-16-7-5-4-6-15(16)19(27)26(2)17-12-21-20(23-18(17)25)22-13-8-10-14(11-9-13)24-30(3,28)29;1-12-10-13(30(21,28)29)8-9-15(12)23-20-22-11-17-18(24-20)25(2)16-7-5-4-6-14(16)19(27)26(17)3/h7-8,11-14,23-24,26-27H,4-6,9-10,15-22H2,1-3H3,(H,37,38,39);5-10,15-16H,4,11-14,17H2,1-3H3,(H,31,32,33);4-12,24H,1-3H3,(H,21,22,23);4-11H,1-3H3,(H2,21,28,29)(H,22,23,24). The molecule has 42 heteroatoms. The minimum Gasteiger partial charge on any atom is -0.492 e. The Labute approximate surface area is 840 Å². The zero-order chi connectivity index (χ0) is 103. The number of amides is 5. The first-order valence-corrected chi connectivity index (χ1v) is 51.3. The van der Waals surface area contributed by atoms with Gasteiger partial charge in [-0.3, -0.25) is 38.5 Å². The molecule has 37 nitrogen and oxygen atoms in total. The Morgan fingerprint density at radius 2 is 0.862 bits per heavy atom. The third kappa shape index (κ3) is 22.3. The van der Waals surface area contributed by atoms with Crippen LogP contribution in [0.1, 0.15) is 121 Å². The van der Waals surface area contributed by atoms with Crippen LogP contribution in [0.25, 0.3) is 0 Å². The number of alkyl halides is 3. The van der Waals surface area contributed by atoms with Crippen molar-refractivity contribution in [3.05, 3.63) is 245 Å². The number of aryl methyl sites for hydroxylation is 1. The van der Waals surface area contributed by atoms with Gasteiger partial charge in [0.2, 0.25) is 43.8 Å². The lowest BCUT2D eigenvalue weighted by atomic mass is 10.0. The maximum Gasteiger partial charge on any atom is 0.416 e. The molecule has 0 unspecified atom stereocenters. The average Bonchev–Trinajstić information content (AvgIpc) is 1.61. The number of piperidine rings is 1. The summed E-state index contributed by atoms with van der Waals surface area (Å²) < 4.78 is 96.3. The molecule has 1 aliphatic carbocycles. The molecule has 0 bridgehead atoms. The third-order valence-electron chi connectivity index (χ3n) is 27.2. The summed E-state index contributed by atoms with van der Waals surface area (Å²) >= 11 is 0. The Kier molecular flexibility index (Phi) is 30.0. The number of ether oxygens (including phenoxy) is 1. The minimum absolute atomic E-state index is 0.0323. The van der Waals surface area contributed by atoms with E-state index in [9.17, 15) is 54.0 Å². The first-order chi connectivity index (χ1) is 69.4. The Morgan fingerprint density at radius 1 is 0.441 bits per heavy atom. The van der Waals surface area contributed by atoms with Crippen molar-refractivity contribution in [3.63, 3.8) is 0 Å². The summed E-state index contributed by atoms with van der Waals surface area (Å²) in [6.07, 6.45) is 9.39. The van der Waals surface area contributed by atoms with Crippen LogP contribution in [-0.4, -0.2) is 264 Å². The van der Waals surface area contributed by atoms with Gasteiger partial charge in [0.15, 0.2) is 23.3 Å². The van der Waals surface area contributed by atoms with E-state index in [-0.39, 0.29) is 64.2 Å². The Hall–Kier alpha value is -15.1. The number of likely N-dealkylation sites (N-methyl/N-ethyl adjacent to an activating group) is 2. The van der Waals surface area contributed by atoms with E-state index < -0.39 is 31.8 Å². The zero-order valence-corrected chi connectivity index (χ0v) is 84.3. The lowest BCUT2D eigenvalue weighted by Gasteiger charge is -2.42. The van der Waals surface area contributed by atoms with Crippen molar-refractivity contribution in [2.24, 2.45) is 5.14 Å². The number of hydrogen-bond donors (Lipinski definition) is 6. The summed E-state index contributed by atoms with van der Waals surface area (Å²) in [5, 5.41) is 17.7. The van der Waals surface area contributed by atoms with Gasteiger partial charge in [0, 0.05) is 162 Å². The summed E-state index contributed by atoms with van der Waals surface area (Å²) in [7, 11) is 7.35. The third-order valence-corrected chi connectivity index (χ3v) is 28.7. The highest BCUT2D eigenvalue weighted by atomic mass is 32.2. The number of carbonyl (C=O) groups excluding carboxylic acids is 5. The number of sulfonamides is 2. The molecule has 20 rings (SSSR count). The second-order valence-corrected chi connectivity index (χ2v) is 40.0. The minimum atomic E-state index is -4.50. The van der Waals surface area contributed by atoms with Crippen molar-refractivity contribution in [3.8, 4) is 5.75 Å². The van der Waals surface area contributed by atoms with E-state index in [1.807, 2.05) is 127 Å². The molecule has 1 saturated carbocycles. The van der Waals surface area contributed by atoms with Crippen LogP contribution in [0.15, 0.2) is 206 Å². The van der Waals surface area contributed by atoms with Crippen molar-refractivity contribution >= 4 is 171 Å². The van der Waals surface area contributed by atoms with Crippen LogP contribution in [0.3, 0.4) is 0 Å². The molecule has 3 saturated heterocycles. The second-order valence-electron chi connectivity index (χ2n) is 36.7. The molecule has 12 aromatic rings. The molecule has 0 atom stereocenters. The van der Waals surface area contributed by atoms with Gasteiger partial charge in [0.1, 0.15) is 28.5 Å². The molecule has 11 heterocycles. The van der Waals surface area contributed by atoms with Crippen LogP contribution < -0.4 is 75.1 Å². The van der Waals surface area contributed by atoms with E-state index in [0.717, 1.165) is 140 Å². The summed E-state index contributed by atoms with van der Waals surface area (Å²) in [4.78, 5) is 127. The number of benzene rings is 8. The van der Waals surface area contributed by atoms with Crippen LogP contribution >= 0.6 is 0 Å². The molecule has 145 heavy (non-hydrogen) atoms. The number of nitrogens with two attached hydrogens (primary N) is 1. The lowest BCUT2D eigenvalue weighted by molar-refractivity contribution is -0.138. The number of aromatic nitrogens is 8. The Balaban J connectivity index is 0.000000135. The van der Waals surface area contributed by atoms with Crippen molar-refractivity contribution in [1.29, 1.82) is 0 Å². The van der Waals surface area contributed by atoms with Gasteiger partial charge in [-0.05, 0) is 186 Å². The van der Waals surface area contributed by atoms with Gasteiger partial charge in [-0.25, -0.2) is 41.9 Å². The van der Waals surface area contributed by atoms with E-state index in [0.29, 0.717) is 144 Å². The molecule has 7 aliphatic heterocycles. The largest absolute Gasteiger partial charge is 0.492 e. The monoisotopic (exact) mass is 2010 g/mol. The number of para-hydroxylation sites is 4. The van der Waals surface area contributed by atoms with Crippen LogP contribution in [-0.2, 0) is 32.8 Å². The molecule has 8 aromatic carbocycles. The van der Waals surface area contributed by atoms with Crippen molar-refractivity contribution in [2.45, 2.75) is 89.0 Å². The van der Waals surface area contributed by atoms with Crippen LogP contribution in [0, 0.1) is 6.92 Å². The number of nitrogens with one attached hydrogen (secondary N) is 5. The number of hydrogen-bond acceptors (Lipinski definition) is 30. The number of likely N-dealkylation sites (tertiary alicyclic amines) is 1. The zero-order valence-electron chi connectivity index (χ0n) is 82.6. The number of rotatable bonds is 19. The Bertz CT molecular complexity index is 7130. The molecule has 4 aromatic heterocycles. The highest BCUT2D eigenvalue weighted by Gasteiger charge is 2.40. The predicted octanol–water partition coefficient (Wildman–Crippen LogP) is 15.4. The SMILES string of the molecule is CCN1CCN(Cc2ccc(Nc3ncc4c(n3)N(C)c3ccccc3C(=O)N4C)cc2C(F)(F)F)CC1.CCOc1cc(C(=O)N2CCC(N3CCN(C)CC3)CC2)ccc1Nc1ncc2c(n1)N(C1CCCC1)c1ccccc1C(=O)N2C.CN1C(=O)c2ccccc2N(C)c2nc(Nc3ccc(NS(C)(=O)=O)cc3)ncc21.Cc1cc(S(N)(=O)=O)ccc1Nc1ncc2c(n1)N(C)c1ccccc1C(=O)N2C. The van der Waals surface area contributed by atoms with E-state index in [1.165, 1.54) is 39.1 Å². The smallest absolute Gasteiger partial charge is 0.416 e. The van der Waals surface area contributed by atoms with Crippen molar-refractivity contribution in [1.82, 2.24) is 64.4 Å². The fourth-order valence-corrected chi connectivity index (χ4v) is 20.3. The van der Waals surface area contributed by atoms with E-state index in [4.69, 9.17) is 14.9 Å². The summed E-state index contributed by atoms with van der Waals surface area (Å²) in [5.41, 5.74) is 11.3. The van der Waals surface area contributed by atoms with Gasteiger partial charge in [-0.15, -0.1) is 0 Å². The molecule has 0 spiro atoms. The van der Waals surface area contributed by atoms with Gasteiger partial charge in [-0.1, -0.05) is 74.4 Å². The fraction of sp³-hybridized carbons (Fsp3) is 0.330. The summed E-state index contributed by atoms with van der Waals surface area (Å²) in [5.74, 6) is 3.58. The summed E-state index contributed by atoms with van der Waals surface area (Å²) in [6, 6.07) is 51.5. The van der Waals surface area contributed by atoms with Gasteiger partial charge in [-0.2, -0.15) is 33.1 Å². The van der Waals surface area contributed by atoms with E-state index >= 15 is 0 Å². The molecular formula is C103H116F3N27O10S2. The maximum atomic E-state index is 14.1. The number of halogens is 3. The van der Waals surface area contributed by atoms with Crippen LogP contribution in [0.4, 0.5) is 134 Å². The lowest BCUT2D eigenvalue weighted by Crippen LogP contribution is -2.52. The highest BCUT2D eigenvalue weighted by Crippen LogP contribution is 2.47. The normalized spacial score (nSPS) is 16.4. The predicted molar refractivity (Wildman–Crippen MR) is 558 cm³/mol. The average molecular weight is 2010 g/mol. The first-order valence-electron chi connectivity index (χ1n) is 47.9. The number of nitrogens with zero attached hydrogens (tertiary/aromatic N) is 21. The van der Waals surface area contributed by atoms with Crippen molar-refractivity contribution < 1.29 is 58.7 Å². The number of fused-ring (bicyclic) bond motifs is 8. The molecule has 8 aliphatic rings. The van der Waals surface area contributed by atoms with Gasteiger partial charge in [0.05, 0.1) is 98.8 Å². The van der Waals surface area contributed by atoms with Gasteiger partial charge < -0.3 is 79.9 Å². The van der Waals surface area contributed by atoms with Gasteiger partial charge in [0.25, 0.3) is 29.5 Å². The molecule has 4 fully saturated rings. The molecule has 5 amide bonds. The van der Waals surface area contributed by atoms with Crippen molar-refractivity contribution in [2.75, 3.05) is 206 Å². The molecular weight excluding hydrogens is 1900 g/mol. The number of piperazine rings is 2. The summed E-state index contributed by atoms with van der Waals surface area (Å²) in [6.45, 7) is 16.6. The number of anilines is 21. The highest BCUT2D eigenvalue weighted by molar-refractivity contribution is 7.92. The number of carbonyl (C=O) groups is 5. The van der Waals surface area contributed by atoms with Crippen LogP contribution in [0.2, 0.25) is 0 Å². The van der Waals surface area contributed by atoms with Gasteiger partial charge >= 0.3 is 6.18 Å². The van der Waals surface area contributed by atoms with E-state index in [1.54, 1.807) is 131 Å².